The van der Waals surface area contributed by atoms with E-state index in [-0.39, 0.29) is 0 Å². The number of fused-ring (bicyclic) bond motifs is 2. The van der Waals surface area contributed by atoms with Crippen LogP contribution in [0.2, 0.25) is 17.7 Å². The van der Waals surface area contributed by atoms with Crippen molar-refractivity contribution in [2.75, 3.05) is 0 Å². The van der Waals surface area contributed by atoms with Gasteiger partial charge in [0, 0.05) is 0 Å². The summed E-state index contributed by atoms with van der Waals surface area (Å²) in [6.45, 7) is 11.7. The van der Waals surface area contributed by atoms with E-state index in [1.165, 1.54) is 91.4 Å². The quantitative estimate of drug-likeness (QED) is 0.0990. The minimum absolute atomic E-state index is 0.459. The summed E-state index contributed by atoms with van der Waals surface area (Å²) in [6, 6.07) is 32.8. The van der Waals surface area contributed by atoms with Crippen LogP contribution in [0.3, 0.4) is 0 Å². The molecule has 0 bridgehead atoms. The number of unbranched alkanes of at least 4 members (excludes halogenated alkanes) is 4. The Morgan fingerprint density at radius 3 is 1.30 bits per heavy atom. The van der Waals surface area contributed by atoms with E-state index in [9.17, 15) is 0 Å². The number of hydrogen-bond acceptors (Lipinski definition) is 0. The molecule has 240 valence electrons. The first-order chi connectivity index (χ1) is 21.9. The summed E-state index contributed by atoms with van der Waals surface area (Å²) in [5.41, 5.74) is 14.2. The molecular formula is C44H56HfSi. The molecule has 0 fully saturated rings. The van der Waals surface area contributed by atoms with Gasteiger partial charge in [-0.1, -0.05) is 0 Å². The molecule has 2 heteroatoms. The van der Waals surface area contributed by atoms with Crippen molar-refractivity contribution in [1.29, 1.82) is 0 Å². The summed E-state index contributed by atoms with van der Waals surface area (Å²) < 4.78 is 9.57. The van der Waals surface area contributed by atoms with E-state index >= 15 is 0 Å². The van der Waals surface area contributed by atoms with E-state index in [1.54, 1.807) is 11.1 Å². The molecule has 0 aromatic heterocycles. The van der Waals surface area contributed by atoms with Crippen molar-refractivity contribution >= 4 is 19.1 Å². The fourth-order valence-electron chi connectivity index (χ4n) is 10.3. The predicted octanol–water partition coefficient (Wildman–Crippen LogP) is 13.1. The number of allylic oxidation sites excluding steroid dienone is 2. The molecule has 0 aliphatic heterocycles. The van der Waals surface area contributed by atoms with Gasteiger partial charge in [0.2, 0.25) is 0 Å². The Labute approximate surface area is 275 Å². The number of rotatable bonds is 12. The minimum atomic E-state index is -5.10. The van der Waals surface area contributed by atoms with Crippen LogP contribution >= 0.6 is 0 Å². The fraction of sp³-hybridized carbons (Fsp3) is 0.364. The van der Waals surface area contributed by atoms with E-state index < -0.39 is 14.2 Å². The third-order valence-corrected chi connectivity index (χ3v) is 69.9. The van der Waals surface area contributed by atoms with Gasteiger partial charge in [-0.3, -0.25) is 0 Å². The zero-order valence-electron chi connectivity index (χ0n) is 29.4. The van der Waals surface area contributed by atoms with E-state index in [2.05, 4.69) is 153 Å². The molecule has 46 heavy (non-hydrogen) atoms. The normalized spacial score (nSPS) is 19.2. The Bertz CT molecular complexity index is 1820. The second-order valence-electron chi connectivity index (χ2n) is 17.9. The van der Waals surface area contributed by atoms with E-state index in [4.69, 9.17) is 0 Å². The summed E-state index contributed by atoms with van der Waals surface area (Å²) >= 11 is -5.10. The molecule has 0 N–H and O–H groups in total. The standard InChI is InChI=1S/2C16H13.2C5H11.2CH3.Hf.H2Si/c2*1-12-8-10-14(11-9-12)16-7-3-5-13-4-2-6-15(13)16;2*1-3-5-4-2;;;;/h2*2-11H,1H3;2*1,3-5H2,2H3;2*1H3;;1H2. The van der Waals surface area contributed by atoms with Gasteiger partial charge < -0.3 is 0 Å². The Morgan fingerprint density at radius 2 is 0.935 bits per heavy atom. The zero-order chi connectivity index (χ0) is 32.7. The Balaban J connectivity index is 1.61. The van der Waals surface area contributed by atoms with Gasteiger partial charge in [-0.05, 0) is 0 Å². The van der Waals surface area contributed by atoms with Crippen molar-refractivity contribution in [2.45, 2.75) is 91.3 Å². The topological polar surface area (TPSA) is 0 Å². The molecule has 0 saturated heterocycles. The molecule has 2 atom stereocenters. The molecule has 0 radical (unpaired) electrons. The molecule has 6 rings (SSSR count). The van der Waals surface area contributed by atoms with Crippen LogP contribution in [0, 0.1) is 13.8 Å². The summed E-state index contributed by atoms with van der Waals surface area (Å²) in [7, 11) is 0. The molecule has 0 saturated carbocycles. The van der Waals surface area contributed by atoms with Crippen LogP contribution < -0.4 is 0 Å². The maximum absolute atomic E-state index is 5.10. The molecule has 0 amide bonds. The van der Waals surface area contributed by atoms with Crippen molar-refractivity contribution in [1.82, 2.24) is 0 Å². The third kappa shape index (κ3) is 5.27. The summed E-state index contributed by atoms with van der Waals surface area (Å²) in [4.78, 5) is 0. The number of hydrogen-bond donors (Lipinski definition) is 0. The molecule has 2 unspecified atom stereocenters. The zero-order valence-corrected chi connectivity index (χ0v) is 34.4. The molecule has 0 spiro atoms. The molecule has 0 nitrogen and oxygen atoms in total. The average Bonchev–Trinajstić information content (AvgIpc) is 3.70. The maximum atomic E-state index is 2.96. The van der Waals surface area contributed by atoms with Crippen molar-refractivity contribution in [3.8, 4) is 22.3 Å². The van der Waals surface area contributed by atoms with Gasteiger partial charge in [0.15, 0.2) is 0 Å². The van der Waals surface area contributed by atoms with Gasteiger partial charge in [-0.25, -0.2) is 0 Å². The van der Waals surface area contributed by atoms with Crippen molar-refractivity contribution in [3.63, 3.8) is 0 Å². The Kier molecular flexibility index (Phi) is 8.17. The van der Waals surface area contributed by atoms with Crippen LogP contribution in [0.1, 0.15) is 93.1 Å². The molecule has 0 heterocycles. The van der Waals surface area contributed by atoms with E-state index in [1.807, 2.05) is 0 Å². The van der Waals surface area contributed by atoms with Crippen LogP contribution in [-0.4, -0.2) is 6.94 Å². The van der Waals surface area contributed by atoms with E-state index in [0.29, 0.717) is 7.35 Å². The van der Waals surface area contributed by atoms with Gasteiger partial charge in [0.05, 0.1) is 0 Å². The fourth-order valence-corrected chi connectivity index (χ4v) is 59.9. The van der Waals surface area contributed by atoms with Gasteiger partial charge in [0.25, 0.3) is 0 Å². The molecule has 2 aliphatic rings. The second-order valence-corrected chi connectivity index (χ2v) is 94.9. The first-order valence-corrected chi connectivity index (χ1v) is 42.9. The first kappa shape index (κ1) is 33.4. The summed E-state index contributed by atoms with van der Waals surface area (Å²) in [5, 5.41) is 0. The molecule has 4 aromatic rings. The van der Waals surface area contributed by atoms with Gasteiger partial charge in [0.1, 0.15) is 0 Å². The second kappa shape index (κ2) is 11.3. The van der Waals surface area contributed by atoms with Crippen molar-refractivity contribution in [2.24, 2.45) is 0 Å². The Hall–Kier alpha value is -2.55. The van der Waals surface area contributed by atoms with Crippen molar-refractivity contribution < 1.29 is 14.2 Å². The van der Waals surface area contributed by atoms with Crippen LogP contribution in [0.25, 0.3) is 34.4 Å². The van der Waals surface area contributed by atoms with Gasteiger partial charge >= 0.3 is 277 Å². The SMILES string of the molecule is CCCC[CH2][Hf]([CH3])([CH3])(=[SiH2])([CH2]CCCC)([CH]1C=Cc2c(-c3ccc(C)cc3)cccc21)[CH]1C=Cc2c(-c3ccc(C)cc3)cccc21. The monoisotopic (exact) mass is 792 g/mol. The molecule has 4 aromatic carbocycles. The Morgan fingerprint density at radius 1 is 0.543 bits per heavy atom. The number of benzene rings is 4. The predicted molar refractivity (Wildman–Crippen MR) is 206 cm³/mol. The summed E-state index contributed by atoms with van der Waals surface area (Å²) in [6.07, 6.45) is 18.3. The van der Waals surface area contributed by atoms with Gasteiger partial charge in [-0.2, -0.15) is 0 Å². The van der Waals surface area contributed by atoms with Crippen molar-refractivity contribution in [3.05, 3.63) is 130 Å². The number of aryl methyl sites for hydroxylation is 2. The van der Waals surface area contributed by atoms with Crippen LogP contribution in [0.5, 0.6) is 0 Å². The first-order valence-electron chi connectivity index (χ1n) is 18.2. The molecule has 2 aliphatic carbocycles. The van der Waals surface area contributed by atoms with E-state index in [0.717, 1.165) is 0 Å². The average molecular weight is 792 g/mol. The molecular weight excluding hydrogens is 735 g/mol. The van der Waals surface area contributed by atoms with Crippen LogP contribution in [0.15, 0.2) is 97.1 Å². The summed E-state index contributed by atoms with van der Waals surface area (Å²) in [5.74, 6) is 0. The van der Waals surface area contributed by atoms with Gasteiger partial charge in [-0.15, -0.1) is 0 Å². The van der Waals surface area contributed by atoms with Crippen LogP contribution in [-0.2, 0) is 14.2 Å². The third-order valence-electron chi connectivity index (χ3n) is 13.4. The van der Waals surface area contributed by atoms with Crippen LogP contribution in [0.4, 0.5) is 0 Å².